The van der Waals surface area contributed by atoms with Crippen LogP contribution in [0.5, 0.6) is 0 Å². The largest absolute Gasteiger partial charge is 0.465 e. The summed E-state index contributed by atoms with van der Waals surface area (Å²) >= 11 is 0. The van der Waals surface area contributed by atoms with Gasteiger partial charge in [0.15, 0.2) is 5.82 Å². The Labute approximate surface area is 236 Å². The first-order valence-corrected chi connectivity index (χ1v) is 13.2. The van der Waals surface area contributed by atoms with E-state index in [2.05, 4.69) is 39.1 Å². The maximum atomic E-state index is 16.0. The quantitative estimate of drug-likeness (QED) is 0.214. The number of methoxy groups -OCH3 is 1. The molecular weight excluding hydrogens is 517 g/mol. The molecule has 0 aliphatic carbocycles. The molecule has 0 saturated heterocycles. The van der Waals surface area contributed by atoms with E-state index in [0.717, 1.165) is 11.1 Å². The number of H-pyrrole nitrogens is 1. The molecule has 8 heteroatoms. The molecule has 0 radical (unpaired) electrons. The molecule has 0 spiro atoms. The van der Waals surface area contributed by atoms with E-state index in [9.17, 15) is 4.79 Å². The van der Waals surface area contributed by atoms with Crippen LogP contribution in [0.1, 0.15) is 21.5 Å². The number of imidazole rings is 1. The molecule has 0 saturated carbocycles. The number of fused-ring (bicyclic) bond motifs is 1. The zero-order valence-electron chi connectivity index (χ0n) is 22.7. The molecule has 3 heterocycles. The summed E-state index contributed by atoms with van der Waals surface area (Å²) in [7, 11) is 3.18. The van der Waals surface area contributed by atoms with Crippen LogP contribution < -0.4 is 4.90 Å². The fourth-order valence-electron chi connectivity index (χ4n) is 5.06. The standard InChI is InChI=1S/C33H28FN5O2/c1-38-20-29(36-21-38)25-15-9-14-24(30(25)34)28-16-26-27(33(40)41-2)17-35-32(31(26)37-28)39(18-22-10-5-3-6-11-22)19-23-12-7-4-8-13-23/h3-17,20-21,37H,18-19H2,1-2H3. The van der Waals surface area contributed by atoms with Gasteiger partial charge in [0.05, 0.1) is 30.2 Å². The molecule has 0 unspecified atom stereocenters. The number of nitrogens with zero attached hydrogens (tertiary/aromatic N) is 4. The summed E-state index contributed by atoms with van der Waals surface area (Å²) in [6.45, 7) is 1.15. The van der Waals surface area contributed by atoms with E-state index >= 15 is 4.39 Å². The second-order valence-corrected chi connectivity index (χ2v) is 9.88. The number of carbonyl (C=O) groups excluding carboxylic acids is 1. The van der Waals surface area contributed by atoms with E-state index in [1.807, 2.05) is 43.4 Å². The van der Waals surface area contributed by atoms with Crippen LogP contribution in [-0.2, 0) is 24.9 Å². The number of ether oxygens (including phenoxy) is 1. The molecule has 0 bridgehead atoms. The molecular formula is C33H28FN5O2. The van der Waals surface area contributed by atoms with Crippen molar-refractivity contribution in [3.05, 3.63) is 126 Å². The highest BCUT2D eigenvalue weighted by molar-refractivity contribution is 6.07. The molecule has 3 aromatic carbocycles. The van der Waals surface area contributed by atoms with Crippen molar-refractivity contribution in [2.24, 2.45) is 7.05 Å². The minimum atomic E-state index is -0.514. The van der Waals surface area contributed by atoms with Gasteiger partial charge >= 0.3 is 5.97 Å². The number of carbonyl (C=O) groups is 1. The van der Waals surface area contributed by atoms with Gasteiger partial charge in [0, 0.05) is 54.7 Å². The number of hydrogen-bond acceptors (Lipinski definition) is 5. The van der Waals surface area contributed by atoms with Gasteiger partial charge in [-0.25, -0.2) is 19.2 Å². The topological polar surface area (TPSA) is 76.0 Å². The van der Waals surface area contributed by atoms with Crippen molar-refractivity contribution in [2.75, 3.05) is 12.0 Å². The highest BCUT2D eigenvalue weighted by atomic mass is 19.1. The number of esters is 1. The second-order valence-electron chi connectivity index (χ2n) is 9.88. The van der Waals surface area contributed by atoms with Gasteiger partial charge in [-0.2, -0.15) is 0 Å². The molecule has 0 atom stereocenters. The monoisotopic (exact) mass is 545 g/mol. The highest BCUT2D eigenvalue weighted by Crippen LogP contribution is 2.36. The predicted molar refractivity (Wildman–Crippen MR) is 158 cm³/mol. The van der Waals surface area contributed by atoms with Gasteiger partial charge in [0.2, 0.25) is 0 Å². The highest BCUT2D eigenvalue weighted by Gasteiger charge is 2.23. The maximum absolute atomic E-state index is 16.0. The van der Waals surface area contributed by atoms with E-state index in [-0.39, 0.29) is 0 Å². The van der Waals surface area contributed by atoms with Gasteiger partial charge in [0.25, 0.3) is 0 Å². The smallest absolute Gasteiger partial charge is 0.340 e. The van der Waals surface area contributed by atoms with Gasteiger partial charge < -0.3 is 19.2 Å². The number of rotatable bonds is 8. The fraction of sp³-hybridized carbons (Fsp3) is 0.121. The Morgan fingerprint density at radius 1 is 0.927 bits per heavy atom. The number of aromatic nitrogens is 4. The van der Waals surface area contributed by atoms with Crippen LogP contribution in [0.2, 0.25) is 0 Å². The van der Waals surface area contributed by atoms with Crippen LogP contribution >= 0.6 is 0 Å². The fourth-order valence-corrected chi connectivity index (χ4v) is 5.06. The van der Waals surface area contributed by atoms with E-state index in [4.69, 9.17) is 9.72 Å². The number of benzene rings is 3. The Morgan fingerprint density at radius 2 is 1.59 bits per heavy atom. The van der Waals surface area contributed by atoms with E-state index in [1.54, 1.807) is 41.4 Å². The number of aryl methyl sites for hydroxylation is 1. The third-order valence-electron chi connectivity index (χ3n) is 7.05. The molecule has 204 valence electrons. The van der Waals surface area contributed by atoms with Gasteiger partial charge in [0.1, 0.15) is 5.82 Å². The summed E-state index contributed by atoms with van der Waals surface area (Å²) in [4.78, 5) is 27.4. The molecule has 0 fully saturated rings. The summed E-state index contributed by atoms with van der Waals surface area (Å²) < 4.78 is 22.8. The Balaban J connectivity index is 1.51. The molecule has 0 aliphatic rings. The van der Waals surface area contributed by atoms with Crippen LogP contribution in [0.15, 0.2) is 104 Å². The van der Waals surface area contributed by atoms with E-state index in [0.29, 0.717) is 57.9 Å². The summed E-state index contributed by atoms with van der Waals surface area (Å²) in [6.07, 6.45) is 4.94. The summed E-state index contributed by atoms with van der Waals surface area (Å²) in [5.74, 6) is -0.273. The zero-order chi connectivity index (χ0) is 28.3. The van der Waals surface area contributed by atoms with Crippen LogP contribution in [0.25, 0.3) is 33.4 Å². The van der Waals surface area contributed by atoms with Crippen LogP contribution in [-0.4, -0.2) is 32.6 Å². The van der Waals surface area contributed by atoms with Gasteiger partial charge in [-0.05, 0) is 29.3 Å². The molecule has 3 aromatic heterocycles. The Kier molecular flexibility index (Phi) is 7.04. The first kappa shape index (κ1) is 26.0. The molecule has 6 aromatic rings. The number of anilines is 1. The lowest BCUT2D eigenvalue weighted by atomic mass is 10.0. The van der Waals surface area contributed by atoms with Crippen molar-refractivity contribution in [3.8, 4) is 22.5 Å². The maximum Gasteiger partial charge on any atom is 0.340 e. The van der Waals surface area contributed by atoms with Gasteiger partial charge in [-0.3, -0.25) is 0 Å². The van der Waals surface area contributed by atoms with Crippen molar-refractivity contribution < 1.29 is 13.9 Å². The molecule has 7 nitrogen and oxygen atoms in total. The number of hydrogen-bond donors (Lipinski definition) is 1. The van der Waals surface area contributed by atoms with Crippen molar-refractivity contribution in [1.29, 1.82) is 0 Å². The normalized spacial score (nSPS) is 11.1. The third kappa shape index (κ3) is 5.19. The van der Waals surface area contributed by atoms with E-state index < -0.39 is 11.8 Å². The molecule has 41 heavy (non-hydrogen) atoms. The third-order valence-corrected chi connectivity index (χ3v) is 7.05. The average Bonchev–Trinajstić information content (AvgIpc) is 3.64. The van der Waals surface area contributed by atoms with Crippen molar-refractivity contribution in [3.63, 3.8) is 0 Å². The number of nitrogens with one attached hydrogen (secondary N) is 1. The SMILES string of the molecule is COC(=O)c1cnc(N(Cc2ccccc2)Cc2ccccc2)c2[nH]c(-c3cccc(-c4cn(C)cn4)c3F)cc12. The van der Waals surface area contributed by atoms with Crippen LogP contribution in [0, 0.1) is 5.82 Å². The molecule has 1 N–H and O–H groups in total. The number of aromatic amines is 1. The first-order valence-electron chi connectivity index (χ1n) is 13.2. The van der Waals surface area contributed by atoms with Crippen molar-refractivity contribution in [1.82, 2.24) is 19.5 Å². The van der Waals surface area contributed by atoms with Crippen LogP contribution in [0.4, 0.5) is 10.2 Å². The average molecular weight is 546 g/mol. The Morgan fingerprint density at radius 3 is 2.20 bits per heavy atom. The van der Waals surface area contributed by atoms with E-state index in [1.165, 1.54) is 13.3 Å². The first-order chi connectivity index (χ1) is 20.0. The number of halogens is 1. The minimum absolute atomic E-state index is 0.300. The van der Waals surface area contributed by atoms with Crippen molar-refractivity contribution >= 4 is 22.7 Å². The number of pyridine rings is 1. The summed E-state index contributed by atoms with van der Waals surface area (Å²) in [5.41, 5.74) is 4.96. The van der Waals surface area contributed by atoms with Gasteiger partial charge in [-0.15, -0.1) is 0 Å². The zero-order valence-corrected chi connectivity index (χ0v) is 22.7. The Bertz CT molecular complexity index is 1790. The lowest BCUT2D eigenvalue weighted by Crippen LogP contribution is -2.24. The molecule has 0 amide bonds. The predicted octanol–water partition coefficient (Wildman–Crippen LogP) is 6.76. The Hall–Kier alpha value is -5.24. The molecule has 0 aliphatic heterocycles. The van der Waals surface area contributed by atoms with Gasteiger partial charge in [-0.1, -0.05) is 66.7 Å². The summed E-state index contributed by atoms with van der Waals surface area (Å²) in [6, 6.07) is 27.2. The summed E-state index contributed by atoms with van der Waals surface area (Å²) in [5, 5.41) is 0.602. The second kappa shape index (κ2) is 11.1. The minimum Gasteiger partial charge on any atom is -0.465 e. The lowest BCUT2D eigenvalue weighted by molar-refractivity contribution is 0.0602. The van der Waals surface area contributed by atoms with Crippen LogP contribution in [0.3, 0.4) is 0 Å². The lowest BCUT2D eigenvalue weighted by Gasteiger charge is -2.25. The molecule has 6 rings (SSSR count). The van der Waals surface area contributed by atoms with Crippen molar-refractivity contribution in [2.45, 2.75) is 13.1 Å².